The molecule has 1 rings (SSSR count). The number of carbonyl (C=O) groups is 1. The van der Waals surface area contributed by atoms with Gasteiger partial charge in [-0.2, -0.15) is 0 Å². The average Bonchev–Trinajstić information content (AvgIpc) is 2.22. The molecule has 6 heteroatoms. The smallest absolute Gasteiger partial charge is 0.321 e. The third-order valence-electron chi connectivity index (χ3n) is 3.04. The van der Waals surface area contributed by atoms with Gasteiger partial charge in [0.1, 0.15) is 6.04 Å². The number of carboxylic acid groups (broad SMARTS) is 1. The molecule has 0 radical (unpaired) electrons. The van der Waals surface area contributed by atoms with E-state index >= 15 is 0 Å². The number of nitrogens with one attached hydrogen (secondary N) is 1. The summed E-state index contributed by atoms with van der Waals surface area (Å²) in [5.41, 5.74) is 5.41. The normalized spacial score (nSPS) is 25.6. The number of hydrogen-bond donors (Lipinski definition) is 3. The molecule has 94 valence electrons. The van der Waals surface area contributed by atoms with Gasteiger partial charge in [0.05, 0.1) is 0 Å². The first kappa shape index (κ1) is 13.4. The molecule has 0 aromatic heterocycles. The minimum absolute atomic E-state index is 0.323. The Morgan fingerprint density at radius 3 is 2.88 bits per heavy atom. The van der Waals surface area contributed by atoms with Gasteiger partial charge < -0.3 is 21.1 Å². The number of carboxylic acids is 1. The lowest BCUT2D eigenvalue weighted by Gasteiger charge is -2.37. The molecule has 2 unspecified atom stereocenters. The van der Waals surface area contributed by atoms with Crippen LogP contribution in [0.15, 0.2) is 0 Å². The summed E-state index contributed by atoms with van der Waals surface area (Å²) in [6, 6.07) is -0.383. The van der Waals surface area contributed by atoms with E-state index in [0.29, 0.717) is 12.6 Å². The van der Waals surface area contributed by atoms with Crippen LogP contribution in [0.3, 0.4) is 0 Å². The van der Waals surface area contributed by atoms with Crippen molar-refractivity contribution in [1.29, 1.82) is 0 Å². The van der Waals surface area contributed by atoms with Gasteiger partial charge in [-0.1, -0.05) is 0 Å². The van der Waals surface area contributed by atoms with Gasteiger partial charge in [-0.05, 0) is 14.1 Å². The third kappa shape index (κ3) is 4.05. The molecule has 6 nitrogen and oxygen atoms in total. The molecular weight excluding hydrogens is 208 g/mol. The van der Waals surface area contributed by atoms with E-state index in [0.717, 1.165) is 26.2 Å². The Kier molecular flexibility index (Phi) is 5.14. The zero-order valence-corrected chi connectivity index (χ0v) is 10.0. The summed E-state index contributed by atoms with van der Waals surface area (Å²) in [7, 11) is 4.19. The van der Waals surface area contributed by atoms with E-state index in [4.69, 9.17) is 10.8 Å². The Morgan fingerprint density at radius 1 is 1.56 bits per heavy atom. The molecular formula is C10H22N4O2. The van der Waals surface area contributed by atoms with E-state index in [9.17, 15) is 4.79 Å². The molecule has 0 aliphatic carbocycles. The first-order chi connectivity index (χ1) is 7.50. The molecule has 1 aliphatic heterocycles. The van der Waals surface area contributed by atoms with E-state index in [2.05, 4.69) is 29.2 Å². The highest BCUT2D eigenvalue weighted by Crippen LogP contribution is 2.04. The lowest BCUT2D eigenvalue weighted by Crippen LogP contribution is -2.54. The Hall–Kier alpha value is -0.690. The molecule has 0 amide bonds. The Labute approximate surface area is 96.4 Å². The van der Waals surface area contributed by atoms with Gasteiger partial charge in [-0.25, -0.2) is 0 Å². The van der Waals surface area contributed by atoms with E-state index in [1.54, 1.807) is 0 Å². The maximum atomic E-state index is 10.5. The molecule has 1 saturated heterocycles. The predicted octanol–water partition coefficient (Wildman–Crippen LogP) is -1.77. The SMILES string of the molecule is CN1CCN(C)C(CNCC(N)C(=O)O)C1. The predicted molar refractivity (Wildman–Crippen MR) is 62.4 cm³/mol. The van der Waals surface area contributed by atoms with Crippen molar-refractivity contribution < 1.29 is 9.90 Å². The largest absolute Gasteiger partial charge is 0.480 e. The summed E-state index contributed by atoms with van der Waals surface area (Å²) < 4.78 is 0. The molecule has 1 aliphatic rings. The minimum atomic E-state index is -0.957. The van der Waals surface area contributed by atoms with Crippen molar-refractivity contribution in [2.45, 2.75) is 12.1 Å². The summed E-state index contributed by atoms with van der Waals surface area (Å²) in [4.78, 5) is 15.1. The Balaban J connectivity index is 2.23. The fourth-order valence-corrected chi connectivity index (χ4v) is 1.81. The second-order valence-electron chi connectivity index (χ2n) is 4.50. The number of piperazine rings is 1. The number of aliphatic carboxylic acids is 1. The number of nitrogens with zero attached hydrogens (tertiary/aromatic N) is 2. The molecule has 0 bridgehead atoms. The van der Waals surface area contributed by atoms with Crippen molar-refractivity contribution in [3.05, 3.63) is 0 Å². The standard InChI is InChI=1S/C10H22N4O2/c1-13-3-4-14(2)8(7-13)5-12-6-9(11)10(15)16/h8-9,12H,3-7,11H2,1-2H3,(H,15,16). The summed E-state index contributed by atoms with van der Waals surface area (Å²) in [5, 5.41) is 11.7. The molecule has 2 atom stereocenters. The van der Waals surface area contributed by atoms with Gasteiger partial charge in [0.15, 0.2) is 0 Å². The minimum Gasteiger partial charge on any atom is -0.480 e. The molecule has 0 aromatic carbocycles. The van der Waals surface area contributed by atoms with Gasteiger partial charge in [0, 0.05) is 38.8 Å². The molecule has 0 saturated carbocycles. The van der Waals surface area contributed by atoms with Crippen LogP contribution in [-0.2, 0) is 4.79 Å². The van der Waals surface area contributed by atoms with Gasteiger partial charge in [-0.15, -0.1) is 0 Å². The van der Waals surface area contributed by atoms with Crippen molar-refractivity contribution in [3.63, 3.8) is 0 Å². The summed E-state index contributed by atoms with van der Waals surface area (Å²) in [6.07, 6.45) is 0. The van der Waals surface area contributed by atoms with Crippen molar-refractivity contribution in [1.82, 2.24) is 15.1 Å². The zero-order valence-electron chi connectivity index (χ0n) is 10.0. The van der Waals surface area contributed by atoms with Crippen LogP contribution in [-0.4, -0.2) is 79.8 Å². The van der Waals surface area contributed by atoms with Crippen molar-refractivity contribution in [2.75, 3.05) is 46.8 Å². The molecule has 4 N–H and O–H groups in total. The van der Waals surface area contributed by atoms with E-state index in [1.165, 1.54) is 0 Å². The fourth-order valence-electron chi connectivity index (χ4n) is 1.81. The van der Waals surface area contributed by atoms with Crippen LogP contribution in [0.4, 0.5) is 0 Å². The van der Waals surface area contributed by atoms with Gasteiger partial charge in [0.25, 0.3) is 0 Å². The molecule has 0 spiro atoms. The van der Waals surface area contributed by atoms with Gasteiger partial charge in [0.2, 0.25) is 0 Å². The number of hydrogen-bond acceptors (Lipinski definition) is 5. The van der Waals surface area contributed by atoms with Crippen molar-refractivity contribution >= 4 is 5.97 Å². The highest BCUT2D eigenvalue weighted by molar-refractivity contribution is 5.73. The average molecular weight is 230 g/mol. The molecule has 1 fully saturated rings. The van der Waals surface area contributed by atoms with E-state index in [1.807, 2.05) is 0 Å². The third-order valence-corrected chi connectivity index (χ3v) is 3.04. The number of nitrogens with two attached hydrogens (primary N) is 1. The van der Waals surface area contributed by atoms with Gasteiger partial charge in [-0.3, -0.25) is 9.69 Å². The van der Waals surface area contributed by atoms with Crippen LogP contribution in [0.2, 0.25) is 0 Å². The molecule has 16 heavy (non-hydrogen) atoms. The van der Waals surface area contributed by atoms with Crippen LogP contribution >= 0.6 is 0 Å². The maximum absolute atomic E-state index is 10.5. The Bertz CT molecular complexity index is 237. The maximum Gasteiger partial charge on any atom is 0.321 e. The summed E-state index contributed by atoms with van der Waals surface area (Å²) >= 11 is 0. The van der Waals surface area contributed by atoms with Crippen molar-refractivity contribution in [2.24, 2.45) is 5.73 Å². The number of likely N-dealkylation sites (N-methyl/N-ethyl adjacent to an activating group) is 2. The lowest BCUT2D eigenvalue weighted by molar-refractivity contribution is -0.138. The first-order valence-corrected chi connectivity index (χ1v) is 5.58. The van der Waals surface area contributed by atoms with E-state index < -0.39 is 12.0 Å². The molecule has 1 heterocycles. The van der Waals surface area contributed by atoms with Crippen LogP contribution in [0.25, 0.3) is 0 Å². The van der Waals surface area contributed by atoms with Gasteiger partial charge >= 0.3 is 5.97 Å². The van der Waals surface area contributed by atoms with E-state index in [-0.39, 0.29) is 0 Å². The summed E-state index contributed by atoms with van der Waals surface area (Å²) in [6.45, 7) is 4.24. The van der Waals surface area contributed by atoms with Crippen LogP contribution in [0.5, 0.6) is 0 Å². The fraction of sp³-hybridized carbons (Fsp3) is 0.900. The zero-order chi connectivity index (χ0) is 12.1. The first-order valence-electron chi connectivity index (χ1n) is 5.58. The highest BCUT2D eigenvalue weighted by atomic mass is 16.4. The topological polar surface area (TPSA) is 81.8 Å². The molecule has 0 aromatic rings. The monoisotopic (exact) mass is 230 g/mol. The lowest BCUT2D eigenvalue weighted by atomic mass is 10.2. The van der Waals surface area contributed by atoms with Crippen LogP contribution in [0.1, 0.15) is 0 Å². The second kappa shape index (κ2) is 6.15. The van der Waals surface area contributed by atoms with Crippen LogP contribution < -0.4 is 11.1 Å². The number of rotatable bonds is 5. The van der Waals surface area contributed by atoms with Crippen LogP contribution in [0, 0.1) is 0 Å². The second-order valence-corrected chi connectivity index (χ2v) is 4.50. The summed E-state index contributed by atoms with van der Waals surface area (Å²) in [5.74, 6) is -0.957. The quantitative estimate of drug-likeness (QED) is 0.519. The van der Waals surface area contributed by atoms with Crippen molar-refractivity contribution in [3.8, 4) is 0 Å². The Morgan fingerprint density at radius 2 is 2.25 bits per heavy atom. The highest BCUT2D eigenvalue weighted by Gasteiger charge is 2.22.